The summed E-state index contributed by atoms with van der Waals surface area (Å²) >= 11 is 10.8. The fraction of sp³-hybridized carbons (Fsp3) is 0.239. The van der Waals surface area contributed by atoms with Crippen molar-refractivity contribution in [3.05, 3.63) is 301 Å². The summed E-state index contributed by atoms with van der Waals surface area (Å²) in [6.07, 6.45) is 3.27. The van der Waals surface area contributed by atoms with Gasteiger partial charge in [-0.3, -0.25) is 28.8 Å². The first-order chi connectivity index (χ1) is 59.1. The Bertz CT molecular complexity index is 5730. The molecule has 7 heterocycles. The minimum absolute atomic E-state index is 0.102. The van der Waals surface area contributed by atoms with Gasteiger partial charge in [0.05, 0.1) is 99.7 Å². The zero-order valence-corrected chi connectivity index (χ0v) is 73.4. The fourth-order valence-electron chi connectivity index (χ4n) is 13.0. The summed E-state index contributed by atoms with van der Waals surface area (Å²) in [6.45, 7) is 4.53. The van der Waals surface area contributed by atoms with Crippen LogP contribution in [-0.2, 0) is 60.0 Å². The smallest absolute Gasteiger partial charge is 0.287 e. The highest BCUT2D eigenvalue weighted by Crippen LogP contribution is 2.39. The van der Waals surface area contributed by atoms with E-state index >= 15 is 0 Å². The lowest BCUT2D eigenvalue weighted by Gasteiger charge is -2.22. The number of thioether (sulfide) groups is 3. The Labute approximate surface area is 733 Å². The van der Waals surface area contributed by atoms with Gasteiger partial charge >= 0.3 is 0 Å². The molecule has 8 aromatic carbocycles. The Hall–Kier alpha value is -12.5. The van der Waals surface area contributed by atoms with Crippen molar-refractivity contribution in [3.63, 3.8) is 0 Å². The van der Waals surface area contributed by atoms with E-state index in [0.29, 0.717) is 69.3 Å². The van der Waals surface area contributed by atoms with Gasteiger partial charge in [0.2, 0.25) is 0 Å². The maximum Gasteiger partial charge on any atom is 0.287 e. The lowest BCUT2D eigenvalue weighted by atomic mass is 9.97. The number of hydrogen-bond donors (Lipinski definition) is 3. The molecule has 3 aliphatic heterocycles. The lowest BCUT2D eigenvalue weighted by molar-refractivity contribution is -0.130. The maximum absolute atomic E-state index is 13.5. The number of aromatic nitrogens is 9. The molecule has 4 aromatic heterocycles. The molecule has 0 saturated heterocycles. The quantitative estimate of drug-likeness (QED) is 0.0367. The van der Waals surface area contributed by atoms with E-state index in [4.69, 9.17) is 38.7 Å². The molecular formula is C88H86Br2N18O11S3. The summed E-state index contributed by atoms with van der Waals surface area (Å²) in [4.78, 5) is 77.4. The van der Waals surface area contributed by atoms with Gasteiger partial charge in [-0.1, -0.05) is 181 Å². The molecule has 0 saturated carbocycles. The van der Waals surface area contributed by atoms with Crippen molar-refractivity contribution < 1.29 is 52.1 Å². The third-order valence-corrected chi connectivity index (χ3v) is 24.0. The second-order valence-electron chi connectivity index (χ2n) is 28.0. The number of ether oxygens (including phenoxy) is 4. The number of nitrogens with zero attached hydrogens (tertiary/aromatic N) is 15. The van der Waals surface area contributed by atoms with E-state index in [1.54, 1.807) is 113 Å². The number of amides is 6. The predicted molar refractivity (Wildman–Crippen MR) is 472 cm³/mol. The van der Waals surface area contributed by atoms with Crippen LogP contribution in [-0.4, -0.2) is 157 Å². The summed E-state index contributed by atoms with van der Waals surface area (Å²) in [6, 6.07) is 66.3. The van der Waals surface area contributed by atoms with Crippen molar-refractivity contribution in [2.45, 2.75) is 86.3 Å². The van der Waals surface area contributed by atoms with Crippen LogP contribution in [0.2, 0.25) is 0 Å². The van der Waals surface area contributed by atoms with E-state index in [1.165, 1.54) is 41.5 Å². The first-order valence-corrected chi connectivity index (χ1v) is 43.0. The minimum Gasteiger partial charge on any atom is -0.497 e. The third-order valence-electron chi connectivity index (χ3n) is 19.9. The van der Waals surface area contributed by atoms with Crippen LogP contribution in [0.1, 0.15) is 120 Å². The van der Waals surface area contributed by atoms with Crippen LogP contribution >= 0.6 is 67.1 Å². The van der Waals surface area contributed by atoms with E-state index in [0.717, 1.165) is 82.1 Å². The van der Waals surface area contributed by atoms with Crippen molar-refractivity contribution in [2.24, 2.45) is 36.4 Å². The van der Waals surface area contributed by atoms with Gasteiger partial charge in [-0.2, -0.15) is 15.3 Å². The molecule has 0 spiro atoms. The number of hydrazone groups is 3. The molecule has 12 aromatic rings. The van der Waals surface area contributed by atoms with Crippen LogP contribution in [0.15, 0.2) is 263 Å². The predicted octanol–water partition coefficient (Wildman–Crippen LogP) is 14.2. The van der Waals surface area contributed by atoms with Crippen molar-refractivity contribution in [3.8, 4) is 23.0 Å². The third kappa shape index (κ3) is 22.6. The van der Waals surface area contributed by atoms with Gasteiger partial charge in [0.15, 0.2) is 45.3 Å². The van der Waals surface area contributed by atoms with Gasteiger partial charge in [0.1, 0.15) is 23.0 Å². The largest absolute Gasteiger partial charge is 0.497 e. The number of methoxy groups -OCH3 is 3. The van der Waals surface area contributed by atoms with Gasteiger partial charge in [-0.05, 0) is 156 Å². The molecule has 3 N–H and O–H groups in total. The summed E-state index contributed by atoms with van der Waals surface area (Å²) < 4.78 is 33.6. The van der Waals surface area contributed by atoms with Crippen LogP contribution in [0.5, 0.6) is 23.0 Å². The summed E-state index contributed by atoms with van der Waals surface area (Å²) in [5, 5.41) is 54.4. The number of hydrogen-bond acceptors (Lipinski definition) is 23. The van der Waals surface area contributed by atoms with Crippen LogP contribution in [0.4, 0.5) is 0 Å². The zero-order valence-electron chi connectivity index (χ0n) is 67.8. The Morgan fingerprint density at radius 3 is 1.14 bits per heavy atom. The van der Waals surface area contributed by atoms with Crippen LogP contribution < -0.4 is 34.9 Å². The summed E-state index contributed by atoms with van der Waals surface area (Å²) in [5.74, 6) is 3.89. The molecule has 626 valence electrons. The highest BCUT2D eigenvalue weighted by Gasteiger charge is 2.37. The number of furan rings is 1. The fourth-order valence-corrected chi connectivity index (χ4v) is 15.9. The average Bonchev–Trinajstić information content (AvgIpc) is 1.66. The summed E-state index contributed by atoms with van der Waals surface area (Å²) in [5.41, 5.74) is 11.3. The highest BCUT2D eigenvalue weighted by atomic mass is 79.9. The number of nitrogens with one attached hydrogen (secondary N) is 3. The summed E-state index contributed by atoms with van der Waals surface area (Å²) in [7, 11) is 10.2. The first kappa shape index (κ1) is 87.3. The van der Waals surface area contributed by atoms with Gasteiger partial charge in [0, 0.05) is 54.9 Å². The molecule has 122 heavy (non-hydrogen) atoms. The van der Waals surface area contributed by atoms with E-state index in [-0.39, 0.29) is 103 Å². The molecule has 3 unspecified atom stereocenters. The van der Waals surface area contributed by atoms with E-state index < -0.39 is 0 Å². The van der Waals surface area contributed by atoms with Gasteiger partial charge in [0.25, 0.3) is 35.4 Å². The van der Waals surface area contributed by atoms with E-state index in [1.807, 2.05) is 160 Å². The van der Waals surface area contributed by atoms with Gasteiger partial charge < -0.3 is 53.0 Å². The first-order valence-electron chi connectivity index (χ1n) is 38.5. The number of carbonyl (C=O) groups is 6. The Balaban J connectivity index is 0.000000158. The monoisotopic (exact) mass is 1820 g/mol. The standard InChI is InChI=1S/C31H32N6O4S.C30H29BrN6O4S.C27H25BrN6O3S/c1-21-9-11-23(12-10-21)27-17-26(22-13-15-24(40-3)16-14-22)35-37(27)30(39)20-42-31-34-33-28(36(31)2)18-32-29(38)19-41-25-7-5-4-6-8-25;1-36-27(17-32-29(39)21-8-14-24(41-3)15-9-21)33-34-30(36)42-18-28(38)37-26(20-6-12-23(40-2)13-7-20)16-25(35-37)19-4-10-22(31)11-5-19;1-17-5-7-19(8-6-17)22-14-21(18-9-11-20(28)12-10-18)32-34(22)25(35)16-38-27-31-30-24(33(27)2)15-29-26(36)23-4-3-13-37-23/h4-16,27H,17-20H2,1-3H3,(H,32,38);4-15,26H,16-18H2,1-3H3,(H,32,39);3-13,22H,14-16H2,1-2H3,(H,29,36). The van der Waals surface area contributed by atoms with Crippen LogP contribution in [0.3, 0.4) is 0 Å². The lowest BCUT2D eigenvalue weighted by Crippen LogP contribution is -2.29. The highest BCUT2D eigenvalue weighted by molar-refractivity contribution is 9.10. The second kappa shape index (κ2) is 41.7. The molecule has 0 bridgehead atoms. The molecule has 3 aliphatic rings. The van der Waals surface area contributed by atoms with Crippen molar-refractivity contribution in [1.82, 2.24) is 75.3 Å². The SMILES string of the molecule is COc1ccc(C(=O)NCc2nnc(SCC(=O)N3N=C(c4ccc(Br)cc4)CC3c3ccc(OC)cc3)n2C)cc1.COc1ccc(C2=NN(C(=O)CSc3nnc(CNC(=O)COc4ccccc4)n3C)C(c3ccc(C)cc3)C2)cc1.Cc1ccc(C2CC(c3ccc(Br)cc3)=NN2C(=O)CSc2nnc(CNC(=O)c3ccco3)n2C)cc1. The van der Waals surface area contributed by atoms with Gasteiger partial charge in [-0.25, -0.2) is 15.0 Å². The number of para-hydroxylation sites is 1. The van der Waals surface area contributed by atoms with E-state index in [9.17, 15) is 28.8 Å². The molecule has 0 radical (unpaired) electrons. The molecule has 3 atom stereocenters. The number of aryl methyl sites for hydroxylation is 2. The minimum atomic E-state index is -0.335. The van der Waals surface area contributed by atoms with E-state index in [2.05, 4.69) is 103 Å². The van der Waals surface area contributed by atoms with Crippen molar-refractivity contribution in [1.29, 1.82) is 0 Å². The zero-order chi connectivity index (χ0) is 85.8. The molecule has 34 heteroatoms. The number of rotatable bonds is 29. The Morgan fingerprint density at radius 1 is 0.410 bits per heavy atom. The second-order valence-corrected chi connectivity index (χ2v) is 32.7. The normalized spacial score (nSPS) is 14.6. The molecular weight excluding hydrogens is 1740 g/mol. The molecule has 15 rings (SSSR count). The molecule has 0 fully saturated rings. The van der Waals surface area contributed by atoms with Crippen molar-refractivity contribution >= 4 is 120 Å². The molecule has 29 nitrogen and oxygen atoms in total. The van der Waals surface area contributed by atoms with Crippen LogP contribution in [0, 0.1) is 13.8 Å². The molecule has 6 amide bonds. The van der Waals surface area contributed by atoms with Gasteiger partial charge in [-0.15, -0.1) is 30.6 Å². The topological polar surface area (TPSA) is 327 Å². The molecule has 0 aliphatic carbocycles. The number of halogens is 2. The number of benzene rings is 8. The number of carbonyl (C=O) groups excluding carboxylic acids is 6. The Kier molecular flexibility index (Phi) is 29.8. The average molecular weight is 1830 g/mol. The van der Waals surface area contributed by atoms with Crippen LogP contribution in [0.25, 0.3) is 0 Å². The van der Waals surface area contributed by atoms with Crippen molar-refractivity contribution in [2.75, 3.05) is 45.2 Å². The Morgan fingerprint density at radius 2 is 0.762 bits per heavy atom. The maximum atomic E-state index is 13.5.